The fraction of sp³-hybridized carbons (Fsp3) is 0.222. The Morgan fingerprint density at radius 2 is 2.04 bits per heavy atom. The molecule has 0 radical (unpaired) electrons. The molecule has 0 atom stereocenters. The number of nitrogens with zero attached hydrogens (tertiary/aromatic N) is 3. The average molecular weight is 421 g/mol. The molecule has 10 heteroatoms. The van der Waals surface area contributed by atoms with Crippen LogP contribution in [0.3, 0.4) is 0 Å². The Morgan fingerprint density at radius 3 is 2.79 bits per heavy atom. The highest BCUT2D eigenvalue weighted by atomic mass is 35.5. The fourth-order valence-corrected chi connectivity index (χ4v) is 3.09. The van der Waals surface area contributed by atoms with Gasteiger partial charge in [-0.05, 0) is 37.3 Å². The molecule has 1 amide bonds. The molecule has 0 fully saturated rings. The molecule has 3 aromatic rings. The fourth-order valence-electron chi connectivity index (χ4n) is 2.26. The van der Waals surface area contributed by atoms with Gasteiger partial charge in [-0.1, -0.05) is 11.6 Å². The summed E-state index contributed by atoms with van der Waals surface area (Å²) in [5, 5.41) is 9.50. The molecule has 8 nitrogen and oxygen atoms in total. The van der Waals surface area contributed by atoms with Crippen molar-refractivity contribution < 1.29 is 19.1 Å². The third-order valence-electron chi connectivity index (χ3n) is 3.52. The number of amides is 1. The average Bonchev–Trinajstić information content (AvgIpc) is 3.31. The predicted molar refractivity (Wildman–Crippen MR) is 105 cm³/mol. The van der Waals surface area contributed by atoms with E-state index >= 15 is 0 Å². The first-order valence-corrected chi connectivity index (χ1v) is 9.62. The molecule has 146 valence electrons. The van der Waals surface area contributed by atoms with E-state index in [2.05, 4.69) is 15.4 Å². The zero-order chi connectivity index (χ0) is 19.9. The van der Waals surface area contributed by atoms with Crippen LogP contribution in [0.5, 0.6) is 5.75 Å². The first-order chi connectivity index (χ1) is 13.5. The van der Waals surface area contributed by atoms with Crippen molar-refractivity contribution in [3.8, 4) is 5.75 Å². The Balaban J connectivity index is 1.59. The van der Waals surface area contributed by atoms with Crippen molar-refractivity contribution in [1.29, 1.82) is 0 Å². The summed E-state index contributed by atoms with van der Waals surface area (Å²) >= 11 is 7.07. The lowest BCUT2D eigenvalue weighted by Crippen LogP contribution is -2.19. The number of hydrogen-bond donors (Lipinski definition) is 1. The molecule has 0 saturated heterocycles. The van der Waals surface area contributed by atoms with Gasteiger partial charge in [0.05, 0.1) is 18.7 Å². The molecule has 2 heterocycles. The van der Waals surface area contributed by atoms with Gasteiger partial charge in [-0.15, -0.1) is 11.3 Å². The van der Waals surface area contributed by atoms with E-state index in [0.717, 1.165) is 0 Å². The Hall–Kier alpha value is -2.91. The number of aromatic nitrogens is 3. The van der Waals surface area contributed by atoms with Gasteiger partial charge in [-0.3, -0.25) is 14.9 Å². The monoisotopic (exact) mass is 420 g/mol. The lowest BCUT2D eigenvalue weighted by molar-refractivity contribution is -0.142. The number of esters is 1. The molecule has 0 aliphatic rings. The van der Waals surface area contributed by atoms with Crippen LogP contribution in [0.4, 0.5) is 5.13 Å². The van der Waals surface area contributed by atoms with E-state index < -0.39 is 0 Å². The minimum atomic E-state index is -0.380. The van der Waals surface area contributed by atoms with E-state index in [9.17, 15) is 9.59 Å². The molecule has 28 heavy (non-hydrogen) atoms. The Bertz CT molecular complexity index is 955. The van der Waals surface area contributed by atoms with Crippen molar-refractivity contribution in [3.63, 3.8) is 0 Å². The van der Waals surface area contributed by atoms with Gasteiger partial charge in [0.25, 0.3) is 5.91 Å². The zero-order valence-electron chi connectivity index (χ0n) is 14.9. The lowest BCUT2D eigenvalue weighted by atomic mass is 10.3. The summed E-state index contributed by atoms with van der Waals surface area (Å²) < 4.78 is 11.9. The molecular formula is C18H17ClN4O4S. The van der Waals surface area contributed by atoms with Gasteiger partial charge >= 0.3 is 5.97 Å². The molecule has 1 N–H and O–H groups in total. The number of carbonyl (C=O) groups excluding carboxylic acids is 2. The molecule has 3 rings (SSSR count). The van der Waals surface area contributed by atoms with Crippen LogP contribution in [-0.2, 0) is 22.7 Å². The van der Waals surface area contributed by atoms with Gasteiger partial charge in [-0.2, -0.15) is 5.10 Å². The summed E-state index contributed by atoms with van der Waals surface area (Å²) in [5.41, 5.74) is 0.856. The predicted octanol–water partition coefficient (Wildman–Crippen LogP) is 3.39. The van der Waals surface area contributed by atoms with Crippen molar-refractivity contribution in [2.24, 2.45) is 0 Å². The molecule has 0 aliphatic carbocycles. The lowest BCUT2D eigenvalue weighted by Gasteiger charge is -2.09. The maximum Gasteiger partial charge on any atom is 0.311 e. The van der Waals surface area contributed by atoms with Crippen LogP contribution in [0.25, 0.3) is 0 Å². The second-order valence-corrected chi connectivity index (χ2v) is 6.82. The summed E-state index contributed by atoms with van der Waals surface area (Å²) in [7, 11) is 0. The normalized spacial score (nSPS) is 10.5. The van der Waals surface area contributed by atoms with Crippen molar-refractivity contribution in [2.45, 2.75) is 20.1 Å². The molecule has 0 bridgehead atoms. The second-order valence-electron chi connectivity index (χ2n) is 5.52. The molecule has 0 aliphatic heterocycles. The van der Waals surface area contributed by atoms with Crippen LogP contribution in [0.15, 0.2) is 41.9 Å². The van der Waals surface area contributed by atoms with E-state index in [1.807, 2.05) is 0 Å². The van der Waals surface area contributed by atoms with Crippen LogP contribution in [-0.4, -0.2) is 33.2 Å². The van der Waals surface area contributed by atoms with Crippen LogP contribution >= 0.6 is 22.9 Å². The first kappa shape index (κ1) is 19.8. The maximum atomic E-state index is 12.5. The van der Waals surface area contributed by atoms with Gasteiger partial charge in [0.15, 0.2) is 11.9 Å². The highest BCUT2D eigenvalue weighted by molar-refractivity contribution is 7.14. The standard InChI is InChI=1S/C18H17ClN4O4S/c1-2-26-16(24)9-13-10-28-18(21-13)22-17(25)15-7-8-20-23(15)11-27-14-5-3-12(19)4-6-14/h3-8,10H,2,9,11H2,1H3,(H,21,22,25). The van der Waals surface area contributed by atoms with Gasteiger partial charge in [0.1, 0.15) is 11.4 Å². The van der Waals surface area contributed by atoms with Crippen molar-refractivity contribution >= 4 is 39.9 Å². The number of thiazole rings is 1. The van der Waals surface area contributed by atoms with Crippen LogP contribution in [0.2, 0.25) is 5.02 Å². The van der Waals surface area contributed by atoms with Gasteiger partial charge in [0, 0.05) is 16.6 Å². The second kappa shape index (κ2) is 9.34. The van der Waals surface area contributed by atoms with Crippen LogP contribution in [0.1, 0.15) is 23.1 Å². The zero-order valence-corrected chi connectivity index (χ0v) is 16.5. The number of rotatable bonds is 8. The number of benzene rings is 1. The number of ether oxygens (including phenoxy) is 2. The molecule has 1 aromatic carbocycles. The number of halogens is 1. The Labute approximate surface area is 170 Å². The summed E-state index contributed by atoms with van der Waals surface area (Å²) in [6, 6.07) is 8.46. The van der Waals surface area contributed by atoms with E-state index in [0.29, 0.717) is 33.9 Å². The van der Waals surface area contributed by atoms with Crippen molar-refractivity contribution in [2.75, 3.05) is 11.9 Å². The minimum absolute atomic E-state index is 0.0589. The summed E-state index contributed by atoms with van der Waals surface area (Å²) in [5.74, 6) is -0.132. The summed E-state index contributed by atoms with van der Waals surface area (Å²) in [6.07, 6.45) is 1.57. The van der Waals surface area contributed by atoms with Crippen molar-refractivity contribution in [3.05, 3.63) is 58.3 Å². The summed E-state index contributed by atoms with van der Waals surface area (Å²) in [6.45, 7) is 2.11. The van der Waals surface area contributed by atoms with E-state index in [4.69, 9.17) is 21.1 Å². The smallest absolute Gasteiger partial charge is 0.311 e. The van der Waals surface area contributed by atoms with E-state index in [1.54, 1.807) is 42.6 Å². The van der Waals surface area contributed by atoms with Crippen molar-refractivity contribution in [1.82, 2.24) is 14.8 Å². The number of hydrogen-bond acceptors (Lipinski definition) is 7. The van der Waals surface area contributed by atoms with Crippen LogP contribution < -0.4 is 10.1 Å². The number of nitrogens with one attached hydrogen (secondary N) is 1. The van der Waals surface area contributed by atoms with Gasteiger partial charge in [0.2, 0.25) is 0 Å². The van der Waals surface area contributed by atoms with E-state index in [-0.39, 0.29) is 25.0 Å². The highest BCUT2D eigenvalue weighted by Crippen LogP contribution is 2.18. The highest BCUT2D eigenvalue weighted by Gasteiger charge is 2.15. The summed E-state index contributed by atoms with van der Waals surface area (Å²) in [4.78, 5) is 28.2. The number of anilines is 1. The van der Waals surface area contributed by atoms with Gasteiger partial charge < -0.3 is 9.47 Å². The van der Waals surface area contributed by atoms with Crippen LogP contribution in [0, 0.1) is 0 Å². The SMILES string of the molecule is CCOC(=O)Cc1csc(NC(=O)c2ccnn2COc2ccc(Cl)cc2)n1. The minimum Gasteiger partial charge on any atom is -0.471 e. The molecule has 0 unspecified atom stereocenters. The maximum absolute atomic E-state index is 12.5. The first-order valence-electron chi connectivity index (χ1n) is 8.36. The Morgan fingerprint density at radius 1 is 1.25 bits per heavy atom. The molecule has 0 saturated carbocycles. The van der Waals surface area contributed by atoms with Gasteiger partial charge in [-0.25, -0.2) is 9.67 Å². The molecule has 2 aromatic heterocycles. The third-order valence-corrected chi connectivity index (χ3v) is 4.58. The largest absolute Gasteiger partial charge is 0.471 e. The number of carbonyl (C=O) groups is 2. The Kier molecular flexibility index (Phi) is 6.62. The van der Waals surface area contributed by atoms with E-state index in [1.165, 1.54) is 22.2 Å². The molecular weight excluding hydrogens is 404 g/mol. The quantitative estimate of drug-likeness (QED) is 0.561. The third kappa shape index (κ3) is 5.30. The topological polar surface area (TPSA) is 95.3 Å². The molecule has 0 spiro atoms.